The first-order chi connectivity index (χ1) is 10.5. The lowest BCUT2D eigenvalue weighted by Gasteiger charge is -2.54. The van der Waals surface area contributed by atoms with E-state index in [9.17, 15) is 0 Å². The SMILES string of the molecule is CN=C(NCc1cccc(C)c1)NC1C2CCOC2C1(C)C. The predicted octanol–water partition coefficient (Wildman–Crippen LogP) is 2.47. The van der Waals surface area contributed by atoms with Crippen molar-refractivity contribution >= 4 is 5.96 Å². The molecule has 1 aromatic rings. The van der Waals surface area contributed by atoms with E-state index in [2.05, 4.69) is 60.7 Å². The second kappa shape index (κ2) is 5.92. The fraction of sp³-hybridized carbons (Fsp3) is 0.611. The minimum atomic E-state index is 0.169. The molecule has 0 aromatic heterocycles. The van der Waals surface area contributed by atoms with Crippen molar-refractivity contribution in [3.05, 3.63) is 35.4 Å². The first-order valence-electron chi connectivity index (χ1n) is 8.16. The highest BCUT2D eigenvalue weighted by atomic mass is 16.5. The van der Waals surface area contributed by atoms with Crippen molar-refractivity contribution in [3.8, 4) is 0 Å². The van der Waals surface area contributed by atoms with Crippen molar-refractivity contribution < 1.29 is 4.74 Å². The zero-order valence-corrected chi connectivity index (χ0v) is 14.0. The Morgan fingerprint density at radius 3 is 2.95 bits per heavy atom. The van der Waals surface area contributed by atoms with Crippen LogP contribution in [0.25, 0.3) is 0 Å². The first-order valence-corrected chi connectivity index (χ1v) is 8.16. The highest BCUT2D eigenvalue weighted by Gasteiger charge is 2.59. The lowest BCUT2D eigenvalue weighted by atomic mass is 9.57. The maximum Gasteiger partial charge on any atom is 0.191 e. The largest absolute Gasteiger partial charge is 0.377 e. The van der Waals surface area contributed by atoms with E-state index in [0.717, 1.165) is 25.5 Å². The Bertz CT molecular complexity index is 567. The van der Waals surface area contributed by atoms with Gasteiger partial charge >= 0.3 is 0 Å². The molecule has 120 valence electrons. The third-order valence-corrected chi connectivity index (χ3v) is 5.16. The number of aliphatic imine (C=N–C) groups is 1. The smallest absolute Gasteiger partial charge is 0.191 e. The molecule has 2 fully saturated rings. The van der Waals surface area contributed by atoms with Crippen LogP contribution in [-0.4, -0.2) is 31.8 Å². The van der Waals surface area contributed by atoms with Crippen LogP contribution in [0.3, 0.4) is 0 Å². The number of ether oxygens (including phenoxy) is 1. The molecule has 0 bridgehead atoms. The molecule has 0 radical (unpaired) electrons. The topological polar surface area (TPSA) is 45.7 Å². The molecule has 1 saturated carbocycles. The van der Waals surface area contributed by atoms with Gasteiger partial charge in [0.15, 0.2) is 5.96 Å². The monoisotopic (exact) mass is 301 g/mol. The van der Waals surface area contributed by atoms with E-state index in [0.29, 0.717) is 18.1 Å². The average molecular weight is 301 g/mol. The van der Waals surface area contributed by atoms with Crippen LogP contribution in [0.4, 0.5) is 0 Å². The second-order valence-electron chi connectivity index (χ2n) is 7.10. The molecule has 1 aromatic carbocycles. The minimum absolute atomic E-state index is 0.169. The maximum absolute atomic E-state index is 5.85. The number of nitrogens with one attached hydrogen (secondary N) is 2. The van der Waals surface area contributed by atoms with Gasteiger partial charge in [-0.15, -0.1) is 0 Å². The fourth-order valence-electron chi connectivity index (χ4n) is 3.97. The molecule has 1 aliphatic heterocycles. The summed E-state index contributed by atoms with van der Waals surface area (Å²) in [6.45, 7) is 8.37. The van der Waals surface area contributed by atoms with Gasteiger partial charge in [0.05, 0.1) is 6.10 Å². The van der Waals surface area contributed by atoms with Gasteiger partial charge in [-0.25, -0.2) is 0 Å². The van der Waals surface area contributed by atoms with E-state index in [-0.39, 0.29) is 5.41 Å². The number of aryl methyl sites for hydroxylation is 1. The van der Waals surface area contributed by atoms with E-state index in [1.807, 2.05) is 7.05 Å². The Morgan fingerprint density at radius 2 is 2.23 bits per heavy atom. The summed E-state index contributed by atoms with van der Waals surface area (Å²) in [6.07, 6.45) is 1.56. The average Bonchev–Trinajstić information content (AvgIpc) is 2.94. The molecule has 2 N–H and O–H groups in total. The summed E-state index contributed by atoms with van der Waals surface area (Å²) >= 11 is 0. The predicted molar refractivity (Wildman–Crippen MR) is 89.9 cm³/mol. The van der Waals surface area contributed by atoms with Crippen LogP contribution in [0, 0.1) is 18.3 Å². The maximum atomic E-state index is 5.85. The van der Waals surface area contributed by atoms with Crippen LogP contribution < -0.4 is 10.6 Å². The van der Waals surface area contributed by atoms with Crippen LogP contribution in [0.5, 0.6) is 0 Å². The van der Waals surface area contributed by atoms with Crippen LogP contribution in [0.15, 0.2) is 29.3 Å². The van der Waals surface area contributed by atoms with Gasteiger partial charge in [-0.05, 0) is 18.9 Å². The van der Waals surface area contributed by atoms with Crippen LogP contribution in [0.1, 0.15) is 31.4 Å². The Labute approximate surface area is 133 Å². The fourth-order valence-corrected chi connectivity index (χ4v) is 3.97. The Kier molecular flexibility index (Phi) is 4.13. The first kappa shape index (κ1) is 15.3. The Morgan fingerprint density at radius 1 is 1.41 bits per heavy atom. The molecular weight excluding hydrogens is 274 g/mol. The van der Waals surface area contributed by atoms with Gasteiger partial charge in [-0.2, -0.15) is 0 Å². The normalized spacial score (nSPS) is 29.6. The third-order valence-electron chi connectivity index (χ3n) is 5.16. The summed E-state index contributed by atoms with van der Waals surface area (Å²) in [6, 6.07) is 8.99. The molecule has 22 heavy (non-hydrogen) atoms. The zero-order chi connectivity index (χ0) is 15.7. The number of benzene rings is 1. The quantitative estimate of drug-likeness (QED) is 0.666. The molecule has 1 heterocycles. The molecule has 3 unspecified atom stereocenters. The van der Waals surface area contributed by atoms with Crippen molar-refractivity contribution in [1.82, 2.24) is 10.6 Å². The van der Waals surface area contributed by atoms with Gasteiger partial charge in [-0.3, -0.25) is 4.99 Å². The molecule has 3 atom stereocenters. The van der Waals surface area contributed by atoms with Gasteiger partial charge in [0.25, 0.3) is 0 Å². The highest BCUT2D eigenvalue weighted by molar-refractivity contribution is 5.80. The molecule has 1 aliphatic carbocycles. The van der Waals surface area contributed by atoms with Crippen LogP contribution >= 0.6 is 0 Å². The zero-order valence-electron chi connectivity index (χ0n) is 14.0. The summed E-state index contributed by atoms with van der Waals surface area (Å²) in [5.41, 5.74) is 2.73. The molecule has 2 aliphatic rings. The van der Waals surface area contributed by atoms with Crippen molar-refractivity contribution in [2.24, 2.45) is 16.3 Å². The van der Waals surface area contributed by atoms with Crippen molar-refractivity contribution in [2.75, 3.05) is 13.7 Å². The second-order valence-corrected chi connectivity index (χ2v) is 7.10. The third kappa shape index (κ3) is 2.72. The standard InChI is InChI=1S/C18H27N3O/c1-12-6-5-7-13(10-12)11-20-17(19-4)21-15-14-8-9-22-16(14)18(15,2)3/h5-7,10,14-16H,8-9,11H2,1-4H3,(H2,19,20,21). The van der Waals surface area contributed by atoms with Gasteiger partial charge in [0.2, 0.25) is 0 Å². The van der Waals surface area contributed by atoms with E-state index in [1.165, 1.54) is 11.1 Å². The van der Waals surface area contributed by atoms with E-state index in [1.54, 1.807) is 0 Å². The highest BCUT2D eigenvalue weighted by Crippen LogP contribution is 2.52. The van der Waals surface area contributed by atoms with E-state index in [4.69, 9.17) is 4.74 Å². The Balaban J connectivity index is 1.59. The lowest BCUT2D eigenvalue weighted by molar-refractivity contribution is -0.106. The van der Waals surface area contributed by atoms with Crippen molar-refractivity contribution in [2.45, 2.75) is 45.9 Å². The summed E-state index contributed by atoms with van der Waals surface area (Å²) < 4.78 is 5.85. The Hall–Kier alpha value is -1.55. The van der Waals surface area contributed by atoms with Gasteiger partial charge in [0.1, 0.15) is 0 Å². The molecule has 1 saturated heterocycles. The number of fused-ring (bicyclic) bond motifs is 1. The lowest BCUT2D eigenvalue weighted by Crippen LogP contribution is -2.67. The molecule has 4 nitrogen and oxygen atoms in total. The number of rotatable bonds is 3. The van der Waals surface area contributed by atoms with Crippen molar-refractivity contribution in [1.29, 1.82) is 0 Å². The molecule has 0 amide bonds. The van der Waals surface area contributed by atoms with Gasteiger partial charge in [-0.1, -0.05) is 43.7 Å². The number of nitrogens with zero attached hydrogens (tertiary/aromatic N) is 1. The molecule has 4 heteroatoms. The van der Waals surface area contributed by atoms with Gasteiger partial charge < -0.3 is 15.4 Å². The van der Waals surface area contributed by atoms with Crippen LogP contribution in [0.2, 0.25) is 0 Å². The number of hydrogen-bond donors (Lipinski definition) is 2. The van der Waals surface area contributed by atoms with Crippen molar-refractivity contribution in [3.63, 3.8) is 0 Å². The molecular formula is C18H27N3O. The van der Waals surface area contributed by atoms with Crippen LogP contribution in [-0.2, 0) is 11.3 Å². The summed E-state index contributed by atoms with van der Waals surface area (Å²) in [5, 5.41) is 7.04. The number of guanidine groups is 1. The van der Waals surface area contributed by atoms with E-state index < -0.39 is 0 Å². The summed E-state index contributed by atoms with van der Waals surface area (Å²) in [4.78, 5) is 4.38. The molecule has 3 rings (SSSR count). The summed E-state index contributed by atoms with van der Waals surface area (Å²) in [7, 11) is 1.83. The minimum Gasteiger partial charge on any atom is -0.377 e. The number of hydrogen-bond acceptors (Lipinski definition) is 2. The summed E-state index contributed by atoms with van der Waals surface area (Å²) in [5.74, 6) is 1.50. The molecule has 0 spiro atoms. The van der Waals surface area contributed by atoms with E-state index >= 15 is 0 Å². The van der Waals surface area contributed by atoms with Gasteiger partial charge in [0, 0.05) is 37.6 Å².